The van der Waals surface area contributed by atoms with Crippen LogP contribution in [0.4, 0.5) is 0 Å². The van der Waals surface area contributed by atoms with Crippen LogP contribution < -0.4 is 10.6 Å². The van der Waals surface area contributed by atoms with E-state index in [0.29, 0.717) is 6.61 Å². The van der Waals surface area contributed by atoms with Gasteiger partial charge in [-0.1, -0.05) is 6.07 Å². The fourth-order valence-corrected chi connectivity index (χ4v) is 2.51. The first kappa shape index (κ1) is 11.4. The van der Waals surface area contributed by atoms with Crippen molar-refractivity contribution in [2.75, 3.05) is 13.7 Å². The molecule has 0 heterocycles. The van der Waals surface area contributed by atoms with E-state index in [9.17, 15) is 0 Å². The topological polar surface area (TPSA) is 44.5 Å². The molecule has 0 aliphatic heterocycles. The van der Waals surface area contributed by atoms with Crippen LogP contribution >= 0.6 is 0 Å². The molecule has 0 unspecified atom stereocenters. The van der Waals surface area contributed by atoms with Gasteiger partial charge in [0, 0.05) is 6.42 Å². The maximum atomic E-state index is 5.41. The van der Waals surface area contributed by atoms with Gasteiger partial charge in [0.25, 0.3) is 0 Å². The average molecular weight is 221 g/mol. The maximum absolute atomic E-state index is 5.41. The van der Waals surface area contributed by atoms with Crippen LogP contribution in [0.3, 0.4) is 0 Å². The Morgan fingerprint density at radius 1 is 1.25 bits per heavy atom. The van der Waals surface area contributed by atoms with Crippen molar-refractivity contribution in [1.29, 1.82) is 0 Å². The highest BCUT2D eigenvalue weighted by Crippen LogP contribution is 2.31. The highest BCUT2D eigenvalue weighted by molar-refractivity contribution is 5.46. The number of hydrogen-bond acceptors (Lipinski definition) is 3. The van der Waals surface area contributed by atoms with E-state index in [1.807, 2.05) is 0 Å². The van der Waals surface area contributed by atoms with Gasteiger partial charge in [0.15, 0.2) is 0 Å². The largest absolute Gasteiger partial charge is 0.496 e. The third-order valence-electron chi connectivity index (χ3n) is 3.30. The Morgan fingerprint density at radius 3 is 2.81 bits per heavy atom. The summed E-state index contributed by atoms with van der Waals surface area (Å²) >= 11 is 0. The molecule has 1 aliphatic rings. The van der Waals surface area contributed by atoms with Crippen molar-refractivity contribution in [2.24, 2.45) is 5.90 Å². The Bertz CT molecular complexity index is 363. The molecule has 1 aliphatic carbocycles. The molecule has 0 saturated heterocycles. The number of nitrogens with two attached hydrogens (primary N) is 1. The number of benzene rings is 1. The van der Waals surface area contributed by atoms with Crippen LogP contribution in [0.2, 0.25) is 0 Å². The van der Waals surface area contributed by atoms with Crippen molar-refractivity contribution in [1.82, 2.24) is 0 Å². The lowest BCUT2D eigenvalue weighted by molar-refractivity contribution is 0.140. The van der Waals surface area contributed by atoms with Crippen molar-refractivity contribution in [3.05, 3.63) is 28.8 Å². The molecule has 0 amide bonds. The minimum Gasteiger partial charge on any atom is -0.496 e. The van der Waals surface area contributed by atoms with E-state index in [1.165, 1.54) is 36.0 Å². The monoisotopic (exact) mass is 221 g/mol. The van der Waals surface area contributed by atoms with Gasteiger partial charge in [0.1, 0.15) is 5.75 Å². The van der Waals surface area contributed by atoms with Crippen LogP contribution in [-0.4, -0.2) is 13.7 Å². The molecule has 3 heteroatoms. The van der Waals surface area contributed by atoms with E-state index in [1.54, 1.807) is 7.11 Å². The van der Waals surface area contributed by atoms with E-state index < -0.39 is 0 Å². The van der Waals surface area contributed by atoms with Crippen LogP contribution in [0.1, 0.15) is 29.5 Å². The van der Waals surface area contributed by atoms with Gasteiger partial charge in [-0.25, -0.2) is 5.90 Å². The van der Waals surface area contributed by atoms with E-state index in [0.717, 1.165) is 18.6 Å². The van der Waals surface area contributed by atoms with E-state index in [4.69, 9.17) is 10.6 Å². The van der Waals surface area contributed by atoms with Gasteiger partial charge in [-0.3, -0.25) is 0 Å². The van der Waals surface area contributed by atoms with Crippen molar-refractivity contribution in [3.63, 3.8) is 0 Å². The third-order valence-corrected chi connectivity index (χ3v) is 3.30. The summed E-state index contributed by atoms with van der Waals surface area (Å²) in [5.74, 6) is 6.07. The number of methoxy groups -OCH3 is 1. The molecule has 1 aromatic rings. The Balaban J connectivity index is 2.35. The van der Waals surface area contributed by atoms with Gasteiger partial charge in [0.2, 0.25) is 0 Å². The summed E-state index contributed by atoms with van der Waals surface area (Å²) in [5.41, 5.74) is 4.21. The van der Waals surface area contributed by atoms with Crippen LogP contribution in [0.5, 0.6) is 5.75 Å². The first-order valence-electron chi connectivity index (χ1n) is 5.86. The molecule has 1 aromatic carbocycles. The summed E-state index contributed by atoms with van der Waals surface area (Å²) < 4.78 is 5.41. The molecule has 3 nitrogen and oxygen atoms in total. The van der Waals surface area contributed by atoms with E-state index >= 15 is 0 Å². The third kappa shape index (κ3) is 2.20. The Hall–Kier alpha value is -1.06. The second-order valence-corrected chi connectivity index (χ2v) is 4.21. The highest BCUT2D eigenvalue weighted by Gasteiger charge is 2.16. The Kier molecular flexibility index (Phi) is 3.80. The summed E-state index contributed by atoms with van der Waals surface area (Å²) in [6.07, 6.45) is 5.76. The van der Waals surface area contributed by atoms with Gasteiger partial charge < -0.3 is 9.57 Å². The second-order valence-electron chi connectivity index (χ2n) is 4.21. The van der Waals surface area contributed by atoms with Crippen LogP contribution in [0, 0.1) is 0 Å². The minimum atomic E-state index is 0.548. The van der Waals surface area contributed by atoms with Gasteiger partial charge >= 0.3 is 0 Å². The minimum absolute atomic E-state index is 0.548. The molecule has 88 valence electrons. The molecule has 0 saturated carbocycles. The van der Waals surface area contributed by atoms with Crippen molar-refractivity contribution >= 4 is 0 Å². The first-order chi connectivity index (χ1) is 7.86. The number of ether oxygens (including phenoxy) is 1. The summed E-state index contributed by atoms with van der Waals surface area (Å²) in [4.78, 5) is 4.68. The molecular formula is C13H19NO2. The predicted molar refractivity (Wildman–Crippen MR) is 63.5 cm³/mol. The lowest BCUT2D eigenvalue weighted by atomic mass is 9.87. The van der Waals surface area contributed by atoms with Gasteiger partial charge in [-0.15, -0.1) is 0 Å². The number of hydrogen-bond donors (Lipinski definition) is 1. The van der Waals surface area contributed by atoms with Crippen molar-refractivity contribution in [2.45, 2.75) is 32.1 Å². The smallest absolute Gasteiger partial charge is 0.122 e. The van der Waals surface area contributed by atoms with Gasteiger partial charge in [0.05, 0.1) is 13.7 Å². The fraction of sp³-hybridized carbons (Fsp3) is 0.538. The van der Waals surface area contributed by atoms with Crippen LogP contribution in [0.25, 0.3) is 0 Å². The summed E-state index contributed by atoms with van der Waals surface area (Å²) in [6.45, 7) is 0.548. The number of fused-ring (bicyclic) bond motifs is 1. The Morgan fingerprint density at radius 2 is 2.06 bits per heavy atom. The molecule has 0 radical (unpaired) electrons. The molecule has 16 heavy (non-hydrogen) atoms. The van der Waals surface area contributed by atoms with Gasteiger partial charge in [-0.2, -0.15) is 0 Å². The zero-order valence-corrected chi connectivity index (χ0v) is 9.79. The molecule has 2 rings (SSSR count). The number of aryl methyl sites for hydroxylation is 1. The summed E-state index contributed by atoms with van der Waals surface area (Å²) in [5, 5.41) is 0. The molecule has 0 aromatic heterocycles. The Labute approximate surface area is 96.5 Å². The van der Waals surface area contributed by atoms with Gasteiger partial charge in [-0.05, 0) is 48.4 Å². The zero-order valence-electron chi connectivity index (χ0n) is 9.79. The standard InChI is InChI=1S/C13H19NO2/c1-15-13-7-6-10-4-2-3-5-11(10)12(13)8-9-16-14/h6-7H,2-5,8-9,14H2,1H3. The highest BCUT2D eigenvalue weighted by atomic mass is 16.6. The van der Waals surface area contributed by atoms with E-state index in [2.05, 4.69) is 17.0 Å². The molecule has 0 bridgehead atoms. The maximum Gasteiger partial charge on any atom is 0.122 e. The lowest BCUT2D eigenvalue weighted by Crippen LogP contribution is -2.11. The molecular weight excluding hydrogens is 202 g/mol. The van der Waals surface area contributed by atoms with Crippen molar-refractivity contribution in [3.8, 4) is 5.75 Å². The average Bonchev–Trinajstić information content (AvgIpc) is 2.35. The first-order valence-corrected chi connectivity index (χ1v) is 5.86. The second kappa shape index (κ2) is 5.32. The predicted octanol–water partition coefficient (Wildman–Crippen LogP) is 2.01. The number of rotatable bonds is 4. The fourth-order valence-electron chi connectivity index (χ4n) is 2.51. The van der Waals surface area contributed by atoms with Crippen LogP contribution in [-0.2, 0) is 24.1 Å². The molecule has 2 N–H and O–H groups in total. The SMILES string of the molecule is COc1ccc2c(c1CCON)CCCC2. The van der Waals surface area contributed by atoms with Crippen LogP contribution in [0.15, 0.2) is 12.1 Å². The van der Waals surface area contributed by atoms with Crippen molar-refractivity contribution < 1.29 is 9.57 Å². The van der Waals surface area contributed by atoms with E-state index in [-0.39, 0.29) is 0 Å². The molecule has 0 spiro atoms. The molecule has 0 fully saturated rings. The zero-order chi connectivity index (χ0) is 11.4. The quantitative estimate of drug-likeness (QED) is 0.791. The lowest BCUT2D eigenvalue weighted by Gasteiger charge is -2.21. The molecule has 0 atom stereocenters. The summed E-state index contributed by atoms with van der Waals surface area (Å²) in [7, 11) is 1.72. The summed E-state index contributed by atoms with van der Waals surface area (Å²) in [6, 6.07) is 4.26. The normalized spacial score (nSPS) is 14.6.